The van der Waals surface area contributed by atoms with Gasteiger partial charge in [-0.3, -0.25) is 4.90 Å². The third-order valence-electron chi connectivity index (χ3n) is 3.12. The number of hydrogen-bond donors (Lipinski definition) is 1. The van der Waals surface area contributed by atoms with Crippen LogP contribution in [0.2, 0.25) is 0 Å². The van der Waals surface area contributed by atoms with Crippen molar-refractivity contribution in [2.75, 3.05) is 26.8 Å². The second kappa shape index (κ2) is 8.06. The molecule has 0 saturated heterocycles. The summed E-state index contributed by atoms with van der Waals surface area (Å²) in [4.78, 5) is 2.51. The van der Waals surface area contributed by atoms with E-state index in [9.17, 15) is 0 Å². The van der Waals surface area contributed by atoms with Gasteiger partial charge in [0.15, 0.2) is 0 Å². The minimum Gasteiger partial charge on any atom is -0.383 e. The molecule has 0 aromatic rings. The van der Waals surface area contributed by atoms with Crippen LogP contribution >= 0.6 is 0 Å². The normalized spacial score (nSPS) is 16.2. The molecule has 0 aliphatic carbocycles. The van der Waals surface area contributed by atoms with Crippen molar-refractivity contribution >= 4 is 0 Å². The number of nitrogens with one attached hydrogen (secondary N) is 1. The average Bonchev–Trinajstić information content (AvgIpc) is 2.17. The highest BCUT2D eigenvalue weighted by Gasteiger charge is 2.18. The number of nitrogens with zero attached hydrogens (tertiary/aromatic N) is 1. The van der Waals surface area contributed by atoms with Crippen LogP contribution < -0.4 is 5.32 Å². The van der Waals surface area contributed by atoms with Crippen molar-refractivity contribution in [2.45, 2.75) is 65.6 Å². The van der Waals surface area contributed by atoms with Gasteiger partial charge < -0.3 is 10.1 Å². The maximum atomic E-state index is 5.24. The summed E-state index contributed by atoms with van der Waals surface area (Å²) < 4.78 is 5.24. The van der Waals surface area contributed by atoms with Gasteiger partial charge in [-0.1, -0.05) is 6.92 Å². The highest BCUT2D eigenvalue weighted by Crippen LogP contribution is 2.09. The van der Waals surface area contributed by atoms with Crippen LogP contribution in [0, 0.1) is 0 Å². The van der Waals surface area contributed by atoms with Crippen LogP contribution in [-0.2, 0) is 4.74 Å². The van der Waals surface area contributed by atoms with Crippen LogP contribution in [0.3, 0.4) is 0 Å². The summed E-state index contributed by atoms with van der Waals surface area (Å²) in [7, 11) is 1.77. The van der Waals surface area contributed by atoms with Crippen LogP contribution in [-0.4, -0.2) is 49.3 Å². The van der Waals surface area contributed by atoms with Crippen LogP contribution in [0.1, 0.15) is 48.0 Å². The predicted octanol–water partition coefficient (Wildman–Crippen LogP) is 2.51. The molecule has 104 valence electrons. The smallest absolute Gasteiger partial charge is 0.0615 e. The van der Waals surface area contributed by atoms with Gasteiger partial charge in [0.1, 0.15) is 0 Å². The van der Waals surface area contributed by atoms with Crippen molar-refractivity contribution in [3.05, 3.63) is 0 Å². The Morgan fingerprint density at radius 2 is 1.76 bits per heavy atom. The van der Waals surface area contributed by atoms with Gasteiger partial charge in [-0.05, 0) is 54.1 Å². The van der Waals surface area contributed by atoms with E-state index in [1.54, 1.807) is 7.11 Å². The van der Waals surface area contributed by atoms with E-state index in [4.69, 9.17) is 4.74 Å². The van der Waals surface area contributed by atoms with E-state index in [-0.39, 0.29) is 5.54 Å². The zero-order valence-corrected chi connectivity index (χ0v) is 12.8. The third kappa shape index (κ3) is 7.74. The number of hydrogen-bond acceptors (Lipinski definition) is 3. The maximum absolute atomic E-state index is 5.24. The second-order valence-electron chi connectivity index (χ2n) is 5.95. The summed E-state index contributed by atoms with van der Waals surface area (Å²) in [6.45, 7) is 16.4. The molecular weight excluding hydrogens is 212 g/mol. The molecule has 0 radical (unpaired) electrons. The standard InChI is InChI=1S/C14H32N2O/c1-8-16(13(3)11-17-7)12(2)9-10-15-14(4,5)6/h12-13,15H,8-11H2,1-7H3. The molecule has 0 aliphatic heterocycles. The van der Waals surface area contributed by atoms with Gasteiger partial charge in [0, 0.05) is 24.7 Å². The lowest BCUT2D eigenvalue weighted by atomic mass is 10.1. The first kappa shape index (κ1) is 16.9. The van der Waals surface area contributed by atoms with Crippen LogP contribution in [0.4, 0.5) is 0 Å². The minimum atomic E-state index is 0.217. The van der Waals surface area contributed by atoms with Crippen molar-refractivity contribution in [2.24, 2.45) is 0 Å². The van der Waals surface area contributed by atoms with Gasteiger partial charge in [0.2, 0.25) is 0 Å². The molecule has 0 spiro atoms. The number of ether oxygens (including phenoxy) is 1. The zero-order chi connectivity index (χ0) is 13.5. The summed E-state index contributed by atoms with van der Waals surface area (Å²) in [6.07, 6.45) is 1.18. The topological polar surface area (TPSA) is 24.5 Å². The van der Waals surface area contributed by atoms with Gasteiger partial charge >= 0.3 is 0 Å². The van der Waals surface area contributed by atoms with Crippen LogP contribution in [0.25, 0.3) is 0 Å². The van der Waals surface area contributed by atoms with Crippen molar-refractivity contribution < 1.29 is 4.74 Å². The lowest BCUT2D eigenvalue weighted by Gasteiger charge is -2.34. The Balaban J connectivity index is 4.03. The van der Waals surface area contributed by atoms with E-state index >= 15 is 0 Å². The predicted molar refractivity (Wildman–Crippen MR) is 75.6 cm³/mol. The molecule has 0 aromatic carbocycles. The first-order chi connectivity index (χ1) is 7.81. The molecule has 0 aromatic heterocycles. The van der Waals surface area contributed by atoms with Crippen molar-refractivity contribution in [3.63, 3.8) is 0 Å². The van der Waals surface area contributed by atoms with E-state index in [0.717, 1.165) is 19.7 Å². The highest BCUT2D eigenvalue weighted by atomic mass is 16.5. The minimum absolute atomic E-state index is 0.217. The molecule has 2 atom stereocenters. The van der Waals surface area contributed by atoms with Crippen molar-refractivity contribution in [1.82, 2.24) is 10.2 Å². The summed E-state index contributed by atoms with van der Waals surface area (Å²) in [5.41, 5.74) is 0.217. The Morgan fingerprint density at radius 3 is 2.18 bits per heavy atom. The second-order valence-corrected chi connectivity index (χ2v) is 5.95. The number of rotatable bonds is 8. The fourth-order valence-corrected chi connectivity index (χ4v) is 2.22. The Morgan fingerprint density at radius 1 is 1.18 bits per heavy atom. The molecule has 3 nitrogen and oxygen atoms in total. The zero-order valence-electron chi connectivity index (χ0n) is 12.8. The first-order valence-electron chi connectivity index (χ1n) is 6.81. The highest BCUT2D eigenvalue weighted by molar-refractivity contribution is 4.76. The summed E-state index contributed by atoms with van der Waals surface area (Å²) in [5.74, 6) is 0. The summed E-state index contributed by atoms with van der Waals surface area (Å²) in [6, 6.07) is 1.09. The van der Waals surface area contributed by atoms with Crippen molar-refractivity contribution in [3.8, 4) is 0 Å². The molecule has 0 heterocycles. The lowest BCUT2D eigenvalue weighted by Crippen LogP contribution is -2.45. The van der Waals surface area contributed by atoms with Gasteiger partial charge in [-0.2, -0.15) is 0 Å². The average molecular weight is 244 g/mol. The van der Waals surface area contributed by atoms with E-state index < -0.39 is 0 Å². The molecule has 1 N–H and O–H groups in total. The largest absolute Gasteiger partial charge is 0.383 e. The van der Waals surface area contributed by atoms with Gasteiger partial charge in [-0.25, -0.2) is 0 Å². The number of methoxy groups -OCH3 is 1. The molecular formula is C14H32N2O. The third-order valence-corrected chi connectivity index (χ3v) is 3.12. The van der Waals surface area contributed by atoms with Crippen LogP contribution in [0.5, 0.6) is 0 Å². The number of likely N-dealkylation sites (N-methyl/N-ethyl adjacent to an activating group) is 1. The Labute approximate surface area is 108 Å². The summed E-state index contributed by atoms with van der Waals surface area (Å²) >= 11 is 0. The molecule has 3 heteroatoms. The Kier molecular flexibility index (Phi) is 8.01. The van der Waals surface area contributed by atoms with E-state index in [1.807, 2.05) is 0 Å². The molecule has 0 aliphatic rings. The quantitative estimate of drug-likeness (QED) is 0.710. The Hall–Kier alpha value is -0.120. The SMILES string of the molecule is CCN(C(C)CCNC(C)(C)C)C(C)COC. The van der Waals surface area contributed by atoms with Gasteiger partial charge in [-0.15, -0.1) is 0 Å². The maximum Gasteiger partial charge on any atom is 0.0615 e. The van der Waals surface area contributed by atoms with E-state index in [2.05, 4.69) is 51.8 Å². The Bertz CT molecular complexity index is 189. The molecule has 17 heavy (non-hydrogen) atoms. The summed E-state index contributed by atoms with van der Waals surface area (Å²) in [5, 5.41) is 3.54. The van der Waals surface area contributed by atoms with Gasteiger partial charge in [0.25, 0.3) is 0 Å². The van der Waals surface area contributed by atoms with Gasteiger partial charge in [0.05, 0.1) is 6.61 Å². The molecule has 0 saturated carbocycles. The monoisotopic (exact) mass is 244 g/mol. The van der Waals surface area contributed by atoms with E-state index in [1.165, 1.54) is 6.42 Å². The fraction of sp³-hybridized carbons (Fsp3) is 1.00. The van der Waals surface area contributed by atoms with E-state index in [0.29, 0.717) is 12.1 Å². The molecule has 0 bridgehead atoms. The molecule has 0 rings (SSSR count). The lowest BCUT2D eigenvalue weighted by molar-refractivity contribution is 0.0751. The molecule has 2 unspecified atom stereocenters. The fourth-order valence-electron chi connectivity index (χ4n) is 2.22. The van der Waals surface area contributed by atoms with Crippen molar-refractivity contribution in [1.29, 1.82) is 0 Å². The molecule has 0 amide bonds. The first-order valence-corrected chi connectivity index (χ1v) is 6.81. The van der Waals surface area contributed by atoms with Crippen LogP contribution in [0.15, 0.2) is 0 Å². The molecule has 0 fully saturated rings.